The van der Waals surface area contributed by atoms with Gasteiger partial charge in [0, 0.05) is 37.3 Å². The van der Waals surface area contributed by atoms with E-state index in [1.807, 2.05) is 53.4 Å². The number of anilines is 1. The number of carbonyl (C=O) groups excluding carboxylic acids is 3. The lowest BCUT2D eigenvalue weighted by Gasteiger charge is -2.31. The fourth-order valence-electron chi connectivity index (χ4n) is 4.42. The first-order valence-electron chi connectivity index (χ1n) is 11.5. The molecule has 172 valence electrons. The SMILES string of the molecule is O=C(CN1CCCc2ccccc21)NNC(=O)C1CCN(C(=O)/C=C/c2ccccc2)CC1. The molecule has 2 N–H and O–H groups in total. The van der Waals surface area contributed by atoms with Crippen molar-refractivity contribution in [3.8, 4) is 0 Å². The number of nitrogens with zero attached hydrogens (tertiary/aromatic N) is 2. The molecule has 0 aromatic heterocycles. The number of hydrogen-bond acceptors (Lipinski definition) is 4. The average Bonchev–Trinajstić information content (AvgIpc) is 2.87. The van der Waals surface area contributed by atoms with Crippen molar-refractivity contribution in [1.82, 2.24) is 15.8 Å². The number of para-hydroxylation sites is 1. The van der Waals surface area contributed by atoms with Gasteiger partial charge in [0.1, 0.15) is 0 Å². The van der Waals surface area contributed by atoms with Crippen molar-refractivity contribution >= 4 is 29.5 Å². The smallest absolute Gasteiger partial charge is 0.257 e. The van der Waals surface area contributed by atoms with Gasteiger partial charge in [0.15, 0.2) is 0 Å². The minimum absolute atomic E-state index is 0.0483. The van der Waals surface area contributed by atoms with Crippen LogP contribution in [0, 0.1) is 5.92 Å². The highest BCUT2D eigenvalue weighted by Gasteiger charge is 2.27. The normalized spacial score (nSPS) is 16.4. The molecule has 33 heavy (non-hydrogen) atoms. The monoisotopic (exact) mass is 446 g/mol. The molecule has 4 rings (SSSR count). The third-order valence-electron chi connectivity index (χ3n) is 6.26. The Morgan fingerprint density at radius 2 is 1.64 bits per heavy atom. The zero-order valence-electron chi connectivity index (χ0n) is 18.7. The fraction of sp³-hybridized carbons (Fsp3) is 0.346. The van der Waals surface area contributed by atoms with E-state index in [2.05, 4.69) is 16.9 Å². The van der Waals surface area contributed by atoms with Crippen molar-refractivity contribution in [2.24, 2.45) is 5.92 Å². The summed E-state index contributed by atoms with van der Waals surface area (Å²) >= 11 is 0. The van der Waals surface area contributed by atoms with Gasteiger partial charge in [-0.15, -0.1) is 0 Å². The highest BCUT2D eigenvalue weighted by atomic mass is 16.2. The van der Waals surface area contributed by atoms with Crippen LogP contribution in [-0.4, -0.2) is 48.8 Å². The van der Waals surface area contributed by atoms with Crippen LogP contribution in [0.25, 0.3) is 6.08 Å². The lowest BCUT2D eigenvalue weighted by Crippen LogP contribution is -2.50. The molecule has 2 heterocycles. The van der Waals surface area contributed by atoms with E-state index in [0.717, 1.165) is 30.6 Å². The molecule has 0 bridgehead atoms. The van der Waals surface area contributed by atoms with E-state index in [1.54, 1.807) is 17.1 Å². The van der Waals surface area contributed by atoms with E-state index >= 15 is 0 Å². The summed E-state index contributed by atoms with van der Waals surface area (Å²) in [6.45, 7) is 2.07. The largest absolute Gasteiger partial charge is 0.362 e. The molecule has 2 aromatic rings. The molecular formula is C26H30N4O3. The second-order valence-electron chi connectivity index (χ2n) is 8.53. The van der Waals surface area contributed by atoms with Crippen molar-refractivity contribution in [2.45, 2.75) is 25.7 Å². The lowest BCUT2D eigenvalue weighted by molar-refractivity contribution is -0.134. The van der Waals surface area contributed by atoms with E-state index < -0.39 is 0 Å². The number of amides is 3. The van der Waals surface area contributed by atoms with Gasteiger partial charge < -0.3 is 9.80 Å². The molecule has 7 heteroatoms. The molecule has 0 spiro atoms. The van der Waals surface area contributed by atoms with Gasteiger partial charge in [-0.2, -0.15) is 0 Å². The van der Waals surface area contributed by atoms with E-state index in [0.29, 0.717) is 25.9 Å². The Bertz CT molecular complexity index is 1010. The third-order valence-corrected chi connectivity index (χ3v) is 6.26. The second-order valence-corrected chi connectivity index (χ2v) is 8.53. The van der Waals surface area contributed by atoms with Crippen LogP contribution in [0.4, 0.5) is 5.69 Å². The predicted octanol–water partition coefficient (Wildman–Crippen LogP) is 2.54. The maximum absolute atomic E-state index is 12.5. The lowest BCUT2D eigenvalue weighted by atomic mass is 9.96. The van der Waals surface area contributed by atoms with Crippen LogP contribution < -0.4 is 15.8 Å². The maximum Gasteiger partial charge on any atom is 0.257 e. The topological polar surface area (TPSA) is 81.8 Å². The van der Waals surface area contributed by atoms with E-state index in [-0.39, 0.29) is 30.2 Å². The molecule has 0 atom stereocenters. The molecule has 1 fully saturated rings. The number of piperidine rings is 1. The average molecular weight is 447 g/mol. The molecule has 0 saturated carbocycles. The number of fused-ring (bicyclic) bond motifs is 1. The molecule has 2 aliphatic rings. The van der Waals surface area contributed by atoms with Gasteiger partial charge in [0.05, 0.1) is 6.54 Å². The molecule has 0 aliphatic carbocycles. The minimum atomic E-state index is -0.237. The molecule has 1 saturated heterocycles. The van der Waals surface area contributed by atoms with Gasteiger partial charge in [-0.3, -0.25) is 25.2 Å². The summed E-state index contributed by atoms with van der Waals surface area (Å²) in [5.74, 6) is -0.705. The van der Waals surface area contributed by atoms with Gasteiger partial charge in [-0.25, -0.2) is 0 Å². The number of rotatable bonds is 5. The van der Waals surface area contributed by atoms with Crippen LogP contribution in [0.1, 0.15) is 30.4 Å². The summed E-state index contributed by atoms with van der Waals surface area (Å²) < 4.78 is 0. The van der Waals surface area contributed by atoms with Crippen molar-refractivity contribution in [3.05, 3.63) is 71.8 Å². The zero-order valence-corrected chi connectivity index (χ0v) is 18.7. The molecule has 7 nitrogen and oxygen atoms in total. The highest BCUT2D eigenvalue weighted by molar-refractivity contribution is 5.92. The molecular weight excluding hydrogens is 416 g/mol. The van der Waals surface area contributed by atoms with Gasteiger partial charge in [-0.1, -0.05) is 48.5 Å². The van der Waals surface area contributed by atoms with Crippen molar-refractivity contribution < 1.29 is 14.4 Å². The summed E-state index contributed by atoms with van der Waals surface area (Å²) in [5, 5.41) is 0. The molecule has 2 aromatic carbocycles. The minimum Gasteiger partial charge on any atom is -0.362 e. The quantitative estimate of drug-likeness (QED) is 0.546. The van der Waals surface area contributed by atoms with Gasteiger partial charge >= 0.3 is 0 Å². The number of nitrogens with one attached hydrogen (secondary N) is 2. The first-order chi connectivity index (χ1) is 16.1. The Morgan fingerprint density at radius 1 is 0.909 bits per heavy atom. The van der Waals surface area contributed by atoms with E-state index in [4.69, 9.17) is 0 Å². The van der Waals surface area contributed by atoms with E-state index in [9.17, 15) is 14.4 Å². The Kier molecular flexibility index (Phi) is 7.40. The summed E-state index contributed by atoms with van der Waals surface area (Å²) in [4.78, 5) is 41.2. The first-order valence-corrected chi connectivity index (χ1v) is 11.5. The summed E-state index contributed by atoms with van der Waals surface area (Å²) in [6, 6.07) is 17.8. The Labute approximate surface area is 194 Å². The van der Waals surface area contributed by atoms with Crippen LogP contribution in [0.2, 0.25) is 0 Å². The molecule has 2 aliphatic heterocycles. The molecule has 3 amide bonds. The third kappa shape index (κ3) is 6.00. The van der Waals surface area contributed by atoms with Crippen molar-refractivity contribution in [1.29, 1.82) is 0 Å². The number of hydrogen-bond donors (Lipinski definition) is 2. The summed E-state index contributed by atoms with van der Waals surface area (Å²) in [7, 11) is 0. The van der Waals surface area contributed by atoms with Crippen molar-refractivity contribution in [2.75, 3.05) is 31.1 Å². The predicted molar refractivity (Wildman–Crippen MR) is 128 cm³/mol. The van der Waals surface area contributed by atoms with Crippen LogP contribution in [-0.2, 0) is 20.8 Å². The Morgan fingerprint density at radius 3 is 2.42 bits per heavy atom. The fourth-order valence-corrected chi connectivity index (χ4v) is 4.42. The maximum atomic E-state index is 12.5. The number of carbonyl (C=O) groups is 3. The van der Waals surface area contributed by atoms with Gasteiger partial charge in [-0.05, 0) is 49.0 Å². The number of aryl methyl sites for hydroxylation is 1. The van der Waals surface area contributed by atoms with Gasteiger partial charge in [0.2, 0.25) is 11.8 Å². The number of likely N-dealkylation sites (tertiary alicyclic amines) is 1. The van der Waals surface area contributed by atoms with E-state index in [1.165, 1.54) is 5.56 Å². The molecule has 0 radical (unpaired) electrons. The highest BCUT2D eigenvalue weighted by Crippen LogP contribution is 2.26. The summed E-state index contributed by atoms with van der Waals surface area (Å²) in [5.41, 5.74) is 8.45. The standard InChI is InChI=1S/C26H30N4O3/c31-24(19-30-16-6-10-21-9-4-5-11-23(21)30)27-28-26(33)22-14-17-29(18-15-22)25(32)13-12-20-7-2-1-3-8-20/h1-5,7-9,11-13,22H,6,10,14-19H2,(H,27,31)(H,28,33)/b13-12+. The number of hydrazine groups is 1. The van der Waals surface area contributed by atoms with Crippen LogP contribution in [0.15, 0.2) is 60.7 Å². The second kappa shape index (κ2) is 10.8. The van der Waals surface area contributed by atoms with Gasteiger partial charge in [0.25, 0.3) is 5.91 Å². The van der Waals surface area contributed by atoms with Crippen LogP contribution in [0.5, 0.6) is 0 Å². The zero-order chi connectivity index (χ0) is 23.0. The molecule has 0 unspecified atom stereocenters. The number of benzene rings is 2. The van der Waals surface area contributed by atoms with Crippen molar-refractivity contribution in [3.63, 3.8) is 0 Å². The Hall–Kier alpha value is -3.61. The Balaban J connectivity index is 1.19. The first kappa shape index (κ1) is 22.6. The van der Waals surface area contributed by atoms with Crippen LogP contribution in [0.3, 0.4) is 0 Å². The summed E-state index contributed by atoms with van der Waals surface area (Å²) in [6.07, 6.45) is 6.56. The van der Waals surface area contributed by atoms with Crippen LogP contribution >= 0.6 is 0 Å².